The molecule has 5 heteroatoms. The van der Waals surface area contributed by atoms with Gasteiger partial charge in [-0.25, -0.2) is 9.18 Å². The molecule has 0 aliphatic carbocycles. The highest BCUT2D eigenvalue weighted by Crippen LogP contribution is 2.39. The molecule has 0 bridgehead atoms. The second-order valence-corrected chi connectivity index (χ2v) is 6.97. The molecule has 0 spiro atoms. The van der Waals surface area contributed by atoms with Gasteiger partial charge in [-0.3, -0.25) is 0 Å². The van der Waals surface area contributed by atoms with Crippen molar-refractivity contribution in [2.75, 3.05) is 6.54 Å². The Morgan fingerprint density at radius 1 is 1.27 bits per heavy atom. The quantitative estimate of drug-likeness (QED) is 0.615. The van der Waals surface area contributed by atoms with Gasteiger partial charge in [-0.1, -0.05) is 41.9 Å². The van der Waals surface area contributed by atoms with Crippen LogP contribution in [0.5, 0.6) is 0 Å². The molecule has 0 aromatic heterocycles. The lowest BCUT2D eigenvalue weighted by atomic mass is 9.85. The van der Waals surface area contributed by atoms with Crippen molar-refractivity contribution in [1.29, 1.82) is 0 Å². The van der Waals surface area contributed by atoms with Crippen molar-refractivity contribution in [3.8, 4) is 0 Å². The summed E-state index contributed by atoms with van der Waals surface area (Å²) in [6.45, 7) is 6.28. The van der Waals surface area contributed by atoms with Crippen molar-refractivity contribution in [3.05, 3.63) is 83.2 Å². The van der Waals surface area contributed by atoms with E-state index in [1.165, 1.54) is 12.1 Å². The van der Waals surface area contributed by atoms with Gasteiger partial charge in [0.2, 0.25) is 0 Å². The molecule has 3 rings (SSSR count). The zero-order valence-electron chi connectivity index (χ0n) is 14.6. The summed E-state index contributed by atoms with van der Waals surface area (Å²) in [6.07, 6.45) is 2.43. The molecule has 1 aliphatic rings. The first kappa shape index (κ1) is 18.5. The van der Waals surface area contributed by atoms with Crippen molar-refractivity contribution in [2.24, 2.45) is 0 Å². The first-order valence-corrected chi connectivity index (χ1v) is 8.95. The normalized spacial score (nSPS) is 21.2. The lowest BCUT2D eigenvalue weighted by Gasteiger charge is -2.43. The van der Waals surface area contributed by atoms with Crippen molar-refractivity contribution in [3.63, 3.8) is 0 Å². The van der Waals surface area contributed by atoms with Gasteiger partial charge in [0, 0.05) is 24.4 Å². The number of rotatable bonds is 5. The molecule has 1 aliphatic heterocycles. The van der Waals surface area contributed by atoms with Gasteiger partial charge in [0.05, 0.1) is 6.04 Å². The van der Waals surface area contributed by atoms with E-state index in [0.717, 1.165) is 11.1 Å². The molecule has 2 unspecified atom stereocenters. The Labute approximate surface area is 158 Å². The Morgan fingerprint density at radius 3 is 2.50 bits per heavy atom. The number of benzene rings is 2. The summed E-state index contributed by atoms with van der Waals surface area (Å²) in [5, 5.41) is 0.656. The minimum Gasteiger partial charge on any atom is -0.437 e. The van der Waals surface area contributed by atoms with E-state index in [2.05, 4.69) is 6.58 Å². The van der Waals surface area contributed by atoms with Gasteiger partial charge in [-0.15, -0.1) is 6.58 Å². The van der Waals surface area contributed by atoms with Crippen LogP contribution in [0.2, 0.25) is 5.02 Å². The van der Waals surface area contributed by atoms with Crippen LogP contribution < -0.4 is 0 Å². The van der Waals surface area contributed by atoms with Crippen molar-refractivity contribution in [2.45, 2.75) is 31.4 Å². The number of ether oxygens (including phenoxy) is 1. The third-order valence-electron chi connectivity index (χ3n) is 4.94. The zero-order chi connectivity index (χ0) is 18.7. The van der Waals surface area contributed by atoms with Gasteiger partial charge in [-0.05, 0) is 42.3 Å². The van der Waals surface area contributed by atoms with Gasteiger partial charge in [-0.2, -0.15) is 0 Å². The average Bonchev–Trinajstić information content (AvgIpc) is 2.63. The highest BCUT2D eigenvalue weighted by molar-refractivity contribution is 6.30. The van der Waals surface area contributed by atoms with Gasteiger partial charge in [0.15, 0.2) is 0 Å². The van der Waals surface area contributed by atoms with Crippen LogP contribution in [-0.2, 0) is 10.3 Å². The Kier molecular flexibility index (Phi) is 5.33. The molecule has 136 valence electrons. The fourth-order valence-corrected chi connectivity index (χ4v) is 3.52. The van der Waals surface area contributed by atoms with E-state index < -0.39 is 5.60 Å². The topological polar surface area (TPSA) is 29.5 Å². The lowest BCUT2D eigenvalue weighted by Crippen LogP contribution is -2.48. The highest BCUT2D eigenvalue weighted by Gasteiger charge is 2.42. The number of carbonyl (C=O) groups is 1. The smallest absolute Gasteiger partial charge is 0.411 e. The standard InChI is InChI=1S/C21H21ClFNO2/c1-3-12-21(17-6-10-19(23)11-7-17)13-14-24(20(25)26-21)15(2)16-4-8-18(22)9-5-16/h3-11,15H,1,12-14H2,2H3. The Bertz CT molecular complexity index is 791. The van der Waals surface area contributed by atoms with Gasteiger partial charge in [0.1, 0.15) is 11.4 Å². The molecule has 1 fully saturated rings. The van der Waals surface area contributed by atoms with Crippen LogP contribution in [0.3, 0.4) is 0 Å². The minimum absolute atomic E-state index is 0.130. The lowest BCUT2D eigenvalue weighted by molar-refractivity contribution is -0.0588. The zero-order valence-corrected chi connectivity index (χ0v) is 15.4. The summed E-state index contributed by atoms with van der Waals surface area (Å²) in [4.78, 5) is 14.5. The van der Waals surface area contributed by atoms with Crippen LogP contribution in [0.15, 0.2) is 61.2 Å². The van der Waals surface area contributed by atoms with E-state index in [9.17, 15) is 9.18 Å². The number of carbonyl (C=O) groups excluding carboxylic acids is 1. The first-order chi connectivity index (χ1) is 12.4. The van der Waals surface area contributed by atoms with Crippen molar-refractivity contribution < 1.29 is 13.9 Å². The maximum atomic E-state index is 13.3. The molecule has 2 atom stereocenters. The van der Waals surface area contributed by atoms with E-state index in [1.807, 2.05) is 31.2 Å². The Morgan fingerprint density at radius 2 is 1.92 bits per heavy atom. The fraction of sp³-hybridized carbons (Fsp3) is 0.286. The molecule has 1 heterocycles. The summed E-state index contributed by atoms with van der Waals surface area (Å²) in [6, 6.07) is 13.4. The van der Waals surface area contributed by atoms with E-state index >= 15 is 0 Å². The van der Waals surface area contributed by atoms with Crippen LogP contribution in [0, 0.1) is 5.82 Å². The molecule has 0 radical (unpaired) electrons. The largest absolute Gasteiger partial charge is 0.437 e. The van der Waals surface area contributed by atoms with Crippen LogP contribution in [0.25, 0.3) is 0 Å². The highest BCUT2D eigenvalue weighted by atomic mass is 35.5. The van der Waals surface area contributed by atoms with Gasteiger partial charge < -0.3 is 9.64 Å². The first-order valence-electron chi connectivity index (χ1n) is 8.57. The molecule has 1 amide bonds. The van der Waals surface area contributed by atoms with Crippen LogP contribution in [0.4, 0.5) is 9.18 Å². The molecule has 0 N–H and O–H groups in total. The maximum absolute atomic E-state index is 13.3. The molecular weight excluding hydrogens is 353 g/mol. The maximum Gasteiger partial charge on any atom is 0.411 e. The summed E-state index contributed by atoms with van der Waals surface area (Å²) >= 11 is 5.94. The molecule has 3 nitrogen and oxygen atoms in total. The predicted molar refractivity (Wildman–Crippen MR) is 101 cm³/mol. The molecule has 26 heavy (non-hydrogen) atoms. The van der Waals surface area contributed by atoms with Crippen LogP contribution >= 0.6 is 11.6 Å². The summed E-state index contributed by atoms with van der Waals surface area (Å²) in [5.74, 6) is -0.317. The van der Waals surface area contributed by atoms with Crippen molar-refractivity contribution >= 4 is 17.7 Å². The van der Waals surface area contributed by atoms with Crippen LogP contribution in [0.1, 0.15) is 36.9 Å². The molecule has 2 aromatic carbocycles. The third kappa shape index (κ3) is 3.61. The molecule has 1 saturated heterocycles. The Balaban J connectivity index is 1.83. The SMILES string of the molecule is C=CCC1(c2ccc(F)cc2)CCN(C(C)c2ccc(Cl)cc2)C(=O)O1. The van der Waals surface area contributed by atoms with E-state index in [-0.39, 0.29) is 18.0 Å². The molecule has 2 aromatic rings. The minimum atomic E-state index is -0.803. The van der Waals surface area contributed by atoms with Crippen LogP contribution in [-0.4, -0.2) is 17.5 Å². The second kappa shape index (κ2) is 7.50. The number of amides is 1. The predicted octanol–water partition coefficient (Wildman–Crippen LogP) is 5.85. The van der Waals surface area contributed by atoms with E-state index in [4.69, 9.17) is 16.3 Å². The van der Waals surface area contributed by atoms with Gasteiger partial charge in [0.25, 0.3) is 0 Å². The number of nitrogens with zero attached hydrogens (tertiary/aromatic N) is 1. The fourth-order valence-electron chi connectivity index (χ4n) is 3.39. The molecule has 0 saturated carbocycles. The monoisotopic (exact) mass is 373 g/mol. The number of halogens is 2. The summed E-state index contributed by atoms with van der Waals surface area (Å²) in [5.41, 5.74) is 0.971. The van der Waals surface area contributed by atoms with Gasteiger partial charge >= 0.3 is 6.09 Å². The summed E-state index contributed by atoms with van der Waals surface area (Å²) in [7, 11) is 0. The van der Waals surface area contributed by atoms with E-state index in [1.54, 1.807) is 23.1 Å². The molecular formula is C21H21ClFNO2. The number of cyclic esters (lactones) is 1. The number of hydrogen-bond donors (Lipinski definition) is 0. The third-order valence-corrected chi connectivity index (χ3v) is 5.19. The van der Waals surface area contributed by atoms with Crippen molar-refractivity contribution in [1.82, 2.24) is 4.90 Å². The average molecular weight is 374 g/mol. The second-order valence-electron chi connectivity index (χ2n) is 6.53. The Hall–Kier alpha value is -2.33. The number of hydrogen-bond acceptors (Lipinski definition) is 2. The van der Waals surface area contributed by atoms with E-state index in [0.29, 0.717) is 24.4 Å². The summed E-state index contributed by atoms with van der Waals surface area (Å²) < 4.78 is 19.2.